The van der Waals surface area contributed by atoms with Crippen molar-refractivity contribution in [3.05, 3.63) is 35.9 Å². The quantitative estimate of drug-likeness (QED) is 0.835. The lowest BCUT2D eigenvalue weighted by molar-refractivity contribution is -0.151. The summed E-state index contributed by atoms with van der Waals surface area (Å²) < 4.78 is 5.60. The van der Waals surface area contributed by atoms with E-state index in [0.717, 1.165) is 18.4 Å². The van der Waals surface area contributed by atoms with Gasteiger partial charge in [0.2, 0.25) is 0 Å². The number of nitrogens with two attached hydrogens (primary N) is 1. The normalized spacial score (nSPS) is 24.1. The van der Waals surface area contributed by atoms with Gasteiger partial charge in [-0.2, -0.15) is 0 Å². The maximum Gasteiger partial charge on any atom is 0.307 e. The zero-order valence-electron chi connectivity index (χ0n) is 12.3. The van der Waals surface area contributed by atoms with Gasteiger partial charge < -0.3 is 10.5 Å². The summed E-state index contributed by atoms with van der Waals surface area (Å²) >= 11 is 0. The van der Waals surface area contributed by atoms with Crippen molar-refractivity contribution in [1.82, 2.24) is 0 Å². The lowest BCUT2D eigenvalue weighted by atomic mass is 9.85. The van der Waals surface area contributed by atoms with Gasteiger partial charge in [0.15, 0.2) is 0 Å². The van der Waals surface area contributed by atoms with Gasteiger partial charge in [0.1, 0.15) is 6.10 Å². The van der Waals surface area contributed by atoms with Gasteiger partial charge in [0, 0.05) is 6.04 Å². The Morgan fingerprint density at radius 2 is 2.10 bits per heavy atom. The molecule has 0 aliphatic heterocycles. The first-order valence-electron chi connectivity index (χ1n) is 7.69. The highest BCUT2D eigenvalue weighted by Crippen LogP contribution is 2.29. The molecule has 0 heterocycles. The molecule has 1 aromatic rings. The molecule has 0 amide bonds. The maximum atomic E-state index is 12.0. The zero-order valence-corrected chi connectivity index (χ0v) is 12.3. The van der Waals surface area contributed by atoms with Crippen LogP contribution in [0.2, 0.25) is 0 Å². The SMILES string of the molecule is CCC1CCCC(OC(=O)CC(N)c2ccccc2)C1. The van der Waals surface area contributed by atoms with Gasteiger partial charge in [-0.05, 0) is 30.7 Å². The zero-order chi connectivity index (χ0) is 14.4. The van der Waals surface area contributed by atoms with Crippen LogP contribution < -0.4 is 5.73 Å². The van der Waals surface area contributed by atoms with Crippen LogP contribution in [-0.4, -0.2) is 12.1 Å². The van der Waals surface area contributed by atoms with E-state index in [9.17, 15) is 4.79 Å². The molecule has 1 fully saturated rings. The molecule has 0 spiro atoms. The van der Waals surface area contributed by atoms with Crippen LogP contribution in [0.4, 0.5) is 0 Å². The second-order valence-electron chi connectivity index (χ2n) is 5.77. The Balaban J connectivity index is 1.80. The summed E-state index contributed by atoms with van der Waals surface area (Å²) in [6.45, 7) is 2.21. The minimum absolute atomic E-state index is 0.101. The van der Waals surface area contributed by atoms with Gasteiger partial charge >= 0.3 is 5.97 Å². The van der Waals surface area contributed by atoms with Crippen LogP contribution in [-0.2, 0) is 9.53 Å². The highest BCUT2D eigenvalue weighted by molar-refractivity contribution is 5.70. The monoisotopic (exact) mass is 275 g/mol. The van der Waals surface area contributed by atoms with Crippen molar-refractivity contribution in [3.63, 3.8) is 0 Å². The smallest absolute Gasteiger partial charge is 0.307 e. The van der Waals surface area contributed by atoms with E-state index < -0.39 is 0 Å². The molecule has 2 rings (SSSR count). The highest BCUT2D eigenvalue weighted by atomic mass is 16.5. The summed E-state index contributed by atoms with van der Waals surface area (Å²) in [5.74, 6) is 0.549. The Hall–Kier alpha value is -1.35. The first kappa shape index (κ1) is 15.0. The van der Waals surface area contributed by atoms with Crippen LogP contribution in [0.15, 0.2) is 30.3 Å². The molecule has 0 saturated heterocycles. The van der Waals surface area contributed by atoms with Gasteiger partial charge in [-0.3, -0.25) is 4.79 Å². The lowest BCUT2D eigenvalue weighted by Crippen LogP contribution is -2.27. The average Bonchev–Trinajstić information content (AvgIpc) is 2.48. The van der Waals surface area contributed by atoms with Crippen molar-refractivity contribution in [3.8, 4) is 0 Å². The first-order chi connectivity index (χ1) is 9.69. The Bertz CT molecular complexity index is 418. The fourth-order valence-corrected chi connectivity index (χ4v) is 2.95. The van der Waals surface area contributed by atoms with Crippen LogP contribution in [0, 0.1) is 5.92 Å². The van der Waals surface area contributed by atoms with Crippen LogP contribution in [0.5, 0.6) is 0 Å². The Morgan fingerprint density at radius 1 is 1.35 bits per heavy atom. The molecule has 1 aliphatic rings. The summed E-state index contributed by atoms with van der Waals surface area (Å²) in [6, 6.07) is 9.45. The number of ether oxygens (including phenoxy) is 1. The van der Waals surface area contributed by atoms with E-state index in [1.165, 1.54) is 19.3 Å². The fourth-order valence-electron chi connectivity index (χ4n) is 2.95. The van der Waals surface area contributed by atoms with E-state index in [-0.39, 0.29) is 24.5 Å². The number of hydrogen-bond donors (Lipinski definition) is 1. The molecule has 1 aromatic carbocycles. The van der Waals surface area contributed by atoms with Crippen LogP contribution >= 0.6 is 0 Å². The van der Waals surface area contributed by atoms with Gasteiger partial charge in [-0.25, -0.2) is 0 Å². The molecule has 20 heavy (non-hydrogen) atoms. The summed E-state index contributed by atoms with van der Waals surface area (Å²) in [5, 5.41) is 0. The Morgan fingerprint density at radius 3 is 2.80 bits per heavy atom. The fraction of sp³-hybridized carbons (Fsp3) is 0.588. The third-order valence-electron chi connectivity index (χ3n) is 4.22. The molecule has 0 aromatic heterocycles. The van der Waals surface area contributed by atoms with E-state index in [0.29, 0.717) is 5.92 Å². The van der Waals surface area contributed by atoms with Crippen LogP contribution in [0.25, 0.3) is 0 Å². The molecule has 3 heteroatoms. The van der Waals surface area contributed by atoms with E-state index >= 15 is 0 Å². The minimum Gasteiger partial charge on any atom is -0.462 e. The number of hydrogen-bond acceptors (Lipinski definition) is 3. The van der Waals surface area contributed by atoms with Crippen molar-refractivity contribution in [1.29, 1.82) is 0 Å². The second-order valence-corrected chi connectivity index (χ2v) is 5.77. The predicted octanol–water partition coefficient (Wildman–Crippen LogP) is 3.59. The van der Waals surface area contributed by atoms with Crippen molar-refractivity contribution >= 4 is 5.97 Å². The van der Waals surface area contributed by atoms with Crippen LogP contribution in [0.1, 0.15) is 57.1 Å². The van der Waals surface area contributed by atoms with Crippen molar-refractivity contribution in [2.45, 2.75) is 57.6 Å². The molecule has 1 aliphatic carbocycles. The summed E-state index contributed by atoms with van der Waals surface area (Å²) in [6.07, 6.45) is 6.00. The van der Waals surface area contributed by atoms with E-state index in [1.54, 1.807) is 0 Å². The van der Waals surface area contributed by atoms with E-state index in [2.05, 4.69) is 6.92 Å². The van der Waals surface area contributed by atoms with Gasteiger partial charge in [0.25, 0.3) is 0 Å². The third kappa shape index (κ3) is 4.34. The molecule has 3 atom stereocenters. The molecular formula is C17H25NO2. The van der Waals surface area contributed by atoms with Crippen LogP contribution in [0.3, 0.4) is 0 Å². The van der Waals surface area contributed by atoms with Crippen molar-refractivity contribution in [2.24, 2.45) is 11.7 Å². The van der Waals surface area contributed by atoms with Crippen molar-refractivity contribution in [2.75, 3.05) is 0 Å². The Kier molecular flexibility index (Phi) is 5.60. The molecule has 110 valence electrons. The van der Waals surface area contributed by atoms with Gasteiger partial charge in [-0.1, -0.05) is 50.1 Å². The van der Waals surface area contributed by atoms with E-state index in [4.69, 9.17) is 10.5 Å². The highest BCUT2D eigenvalue weighted by Gasteiger charge is 2.24. The molecular weight excluding hydrogens is 250 g/mol. The minimum atomic E-state index is -0.269. The average molecular weight is 275 g/mol. The number of esters is 1. The Labute approximate surface area is 121 Å². The molecule has 3 nitrogen and oxygen atoms in total. The van der Waals surface area contributed by atoms with E-state index in [1.807, 2.05) is 30.3 Å². The van der Waals surface area contributed by atoms with Gasteiger partial charge in [-0.15, -0.1) is 0 Å². The van der Waals surface area contributed by atoms with Gasteiger partial charge in [0.05, 0.1) is 6.42 Å². The molecule has 0 bridgehead atoms. The second kappa shape index (κ2) is 7.44. The number of benzene rings is 1. The molecule has 3 unspecified atom stereocenters. The van der Waals surface area contributed by atoms with Crippen molar-refractivity contribution < 1.29 is 9.53 Å². The number of carbonyl (C=O) groups is 1. The third-order valence-corrected chi connectivity index (χ3v) is 4.22. The molecule has 1 saturated carbocycles. The maximum absolute atomic E-state index is 12.0. The summed E-state index contributed by atoms with van der Waals surface area (Å²) in [5.41, 5.74) is 7.04. The topological polar surface area (TPSA) is 52.3 Å². The molecule has 0 radical (unpaired) electrons. The standard InChI is InChI=1S/C17H25NO2/c1-2-13-7-6-10-15(11-13)20-17(19)12-16(18)14-8-4-3-5-9-14/h3-5,8-9,13,15-16H,2,6-7,10-12,18H2,1H3. The summed E-state index contributed by atoms with van der Waals surface area (Å²) in [4.78, 5) is 12.0. The number of rotatable bonds is 5. The lowest BCUT2D eigenvalue weighted by Gasteiger charge is -2.28. The molecule has 2 N–H and O–H groups in total. The number of carbonyl (C=O) groups excluding carboxylic acids is 1. The predicted molar refractivity (Wildman–Crippen MR) is 80.1 cm³/mol. The largest absolute Gasteiger partial charge is 0.462 e. The summed E-state index contributed by atoms with van der Waals surface area (Å²) in [7, 11) is 0. The first-order valence-corrected chi connectivity index (χ1v) is 7.69.